The molecule has 62 valence electrons. The van der Waals surface area contributed by atoms with Gasteiger partial charge >= 0.3 is 0 Å². The van der Waals surface area contributed by atoms with E-state index in [0.717, 1.165) is 6.54 Å². The molecule has 0 aromatic heterocycles. The zero-order valence-corrected chi connectivity index (χ0v) is 8.20. The normalized spacial score (nSPS) is 14.7. The minimum Gasteiger partial charge on any atom is -0.396 e. The van der Waals surface area contributed by atoms with Gasteiger partial charge in [0.1, 0.15) is 0 Å². The third-order valence-corrected chi connectivity index (χ3v) is 2.30. The van der Waals surface area contributed by atoms with E-state index in [-0.39, 0.29) is 6.61 Å². The van der Waals surface area contributed by atoms with Crippen LogP contribution >= 0.6 is 9.39 Å². The standard InChI is InChI=1S/C7H18NOP/c1-6(2)8(10)4-7(3)5-9/h6-7,9H,4-5,10H2,1-3H3. The molecule has 0 aliphatic rings. The van der Waals surface area contributed by atoms with E-state index in [4.69, 9.17) is 5.11 Å². The third-order valence-electron chi connectivity index (χ3n) is 1.50. The fraction of sp³-hybridized carbons (Fsp3) is 1.00. The molecule has 1 N–H and O–H groups in total. The van der Waals surface area contributed by atoms with Gasteiger partial charge in [0.15, 0.2) is 0 Å². The monoisotopic (exact) mass is 163 g/mol. The summed E-state index contributed by atoms with van der Waals surface area (Å²) in [7, 11) is 2.67. The van der Waals surface area contributed by atoms with Gasteiger partial charge in [-0.15, -0.1) is 0 Å². The average molecular weight is 163 g/mol. The second-order valence-corrected chi connectivity index (χ2v) is 3.74. The molecule has 0 aromatic rings. The van der Waals surface area contributed by atoms with Crippen LogP contribution in [0.1, 0.15) is 20.8 Å². The number of nitrogens with zero attached hydrogens (tertiary/aromatic N) is 1. The Kier molecular flexibility index (Phi) is 5.24. The number of aliphatic hydroxyl groups is 1. The molecule has 0 aliphatic heterocycles. The predicted octanol–water partition coefficient (Wildman–Crippen LogP) is 1.12. The van der Waals surface area contributed by atoms with Gasteiger partial charge in [-0.25, -0.2) is 0 Å². The van der Waals surface area contributed by atoms with Gasteiger partial charge < -0.3 is 5.11 Å². The van der Waals surface area contributed by atoms with Gasteiger partial charge in [-0.1, -0.05) is 16.3 Å². The molecule has 2 unspecified atom stereocenters. The molecule has 0 aromatic carbocycles. The third kappa shape index (κ3) is 4.21. The molecule has 10 heavy (non-hydrogen) atoms. The zero-order valence-electron chi connectivity index (χ0n) is 7.04. The van der Waals surface area contributed by atoms with Crippen molar-refractivity contribution in [3.63, 3.8) is 0 Å². The van der Waals surface area contributed by atoms with E-state index >= 15 is 0 Å². The largest absolute Gasteiger partial charge is 0.396 e. The number of hydrogen-bond donors (Lipinski definition) is 1. The number of aliphatic hydroxyl groups excluding tert-OH is 1. The van der Waals surface area contributed by atoms with Gasteiger partial charge in [0.25, 0.3) is 0 Å². The van der Waals surface area contributed by atoms with Crippen LogP contribution in [0.3, 0.4) is 0 Å². The van der Waals surface area contributed by atoms with Gasteiger partial charge in [-0.2, -0.15) is 0 Å². The highest BCUT2D eigenvalue weighted by Gasteiger charge is 2.07. The Hall–Kier alpha value is 0.350. The highest BCUT2D eigenvalue weighted by Crippen LogP contribution is 2.08. The second kappa shape index (κ2) is 5.06. The van der Waals surface area contributed by atoms with E-state index in [2.05, 4.69) is 27.9 Å². The summed E-state index contributed by atoms with van der Waals surface area (Å²) in [4.78, 5) is 0. The molecule has 0 saturated carbocycles. The lowest BCUT2D eigenvalue weighted by Crippen LogP contribution is -2.26. The first-order valence-electron chi connectivity index (χ1n) is 3.70. The van der Waals surface area contributed by atoms with Crippen LogP contribution in [0.2, 0.25) is 0 Å². The minimum absolute atomic E-state index is 0.275. The quantitative estimate of drug-likeness (QED) is 0.628. The molecule has 0 spiro atoms. The van der Waals surface area contributed by atoms with Crippen LogP contribution in [-0.2, 0) is 0 Å². The van der Waals surface area contributed by atoms with Crippen LogP contribution in [-0.4, -0.2) is 29.0 Å². The fourth-order valence-corrected chi connectivity index (χ4v) is 0.988. The summed E-state index contributed by atoms with van der Waals surface area (Å²) in [5, 5.41) is 8.73. The SMILES string of the molecule is CC(CO)CN(P)C(C)C. The minimum atomic E-state index is 0.275. The van der Waals surface area contributed by atoms with E-state index in [1.165, 1.54) is 0 Å². The number of hydrogen-bond acceptors (Lipinski definition) is 2. The van der Waals surface area contributed by atoms with Crippen molar-refractivity contribution in [1.29, 1.82) is 0 Å². The fourth-order valence-electron chi connectivity index (χ4n) is 0.628. The summed E-state index contributed by atoms with van der Waals surface area (Å²) in [6.07, 6.45) is 0. The molecule has 2 nitrogen and oxygen atoms in total. The van der Waals surface area contributed by atoms with Crippen molar-refractivity contribution in [3.8, 4) is 0 Å². The molecule has 3 heteroatoms. The van der Waals surface area contributed by atoms with Gasteiger partial charge in [-0.3, -0.25) is 4.67 Å². The molecule has 2 atom stereocenters. The van der Waals surface area contributed by atoms with Crippen molar-refractivity contribution in [2.24, 2.45) is 5.92 Å². The summed E-state index contributed by atoms with van der Waals surface area (Å²) in [5.74, 6) is 0.375. The van der Waals surface area contributed by atoms with Crippen LogP contribution in [0.4, 0.5) is 0 Å². The summed E-state index contributed by atoms with van der Waals surface area (Å²) in [6, 6.07) is 0.541. The Morgan fingerprint density at radius 3 is 2.20 bits per heavy atom. The molecule has 0 bridgehead atoms. The Morgan fingerprint density at radius 2 is 1.90 bits per heavy atom. The molecule has 0 heterocycles. The summed E-state index contributed by atoms with van der Waals surface area (Å²) < 4.78 is 2.15. The maximum Gasteiger partial charge on any atom is 0.0468 e. The number of rotatable bonds is 4. The lowest BCUT2D eigenvalue weighted by molar-refractivity contribution is 0.208. The Morgan fingerprint density at radius 1 is 1.40 bits per heavy atom. The van der Waals surface area contributed by atoms with E-state index in [0.29, 0.717) is 12.0 Å². The van der Waals surface area contributed by atoms with E-state index in [1.807, 2.05) is 6.92 Å². The van der Waals surface area contributed by atoms with Crippen molar-refractivity contribution >= 4 is 9.39 Å². The zero-order chi connectivity index (χ0) is 8.15. The van der Waals surface area contributed by atoms with Gasteiger partial charge in [0, 0.05) is 19.2 Å². The first kappa shape index (κ1) is 10.3. The molecule has 0 radical (unpaired) electrons. The van der Waals surface area contributed by atoms with Crippen LogP contribution in [0.25, 0.3) is 0 Å². The second-order valence-electron chi connectivity index (χ2n) is 3.08. The predicted molar refractivity (Wildman–Crippen MR) is 47.8 cm³/mol. The van der Waals surface area contributed by atoms with Crippen molar-refractivity contribution in [2.75, 3.05) is 13.2 Å². The molecule has 0 rings (SSSR count). The molecule has 0 saturated heterocycles. The van der Waals surface area contributed by atoms with E-state index in [9.17, 15) is 0 Å². The van der Waals surface area contributed by atoms with Crippen LogP contribution in [0.15, 0.2) is 0 Å². The van der Waals surface area contributed by atoms with Crippen LogP contribution in [0.5, 0.6) is 0 Å². The van der Waals surface area contributed by atoms with Crippen molar-refractivity contribution < 1.29 is 5.11 Å². The maximum absolute atomic E-state index is 8.73. The molecular formula is C7H18NOP. The van der Waals surface area contributed by atoms with Crippen molar-refractivity contribution in [3.05, 3.63) is 0 Å². The van der Waals surface area contributed by atoms with Gasteiger partial charge in [-0.05, 0) is 19.8 Å². The first-order valence-corrected chi connectivity index (χ1v) is 4.21. The van der Waals surface area contributed by atoms with E-state index in [1.54, 1.807) is 0 Å². The van der Waals surface area contributed by atoms with Crippen molar-refractivity contribution in [2.45, 2.75) is 26.8 Å². The van der Waals surface area contributed by atoms with Gasteiger partial charge in [0.05, 0.1) is 0 Å². The highest BCUT2D eigenvalue weighted by molar-refractivity contribution is 7.13. The highest BCUT2D eigenvalue weighted by atomic mass is 31.0. The lowest BCUT2D eigenvalue weighted by atomic mass is 10.2. The average Bonchev–Trinajstić information content (AvgIpc) is 1.87. The maximum atomic E-state index is 8.73. The van der Waals surface area contributed by atoms with E-state index < -0.39 is 0 Å². The Bertz CT molecular complexity index is 87.7. The molecule has 0 aliphatic carbocycles. The lowest BCUT2D eigenvalue weighted by Gasteiger charge is -2.23. The van der Waals surface area contributed by atoms with Crippen molar-refractivity contribution in [1.82, 2.24) is 4.67 Å². The summed E-state index contributed by atoms with van der Waals surface area (Å²) in [6.45, 7) is 7.53. The first-order chi connectivity index (χ1) is 4.57. The van der Waals surface area contributed by atoms with Crippen LogP contribution < -0.4 is 0 Å². The molecule has 0 fully saturated rings. The smallest absolute Gasteiger partial charge is 0.0468 e. The Labute approximate surface area is 65.9 Å². The summed E-state index contributed by atoms with van der Waals surface area (Å²) in [5.41, 5.74) is 0. The topological polar surface area (TPSA) is 23.5 Å². The van der Waals surface area contributed by atoms with Crippen LogP contribution in [0, 0.1) is 5.92 Å². The molecular weight excluding hydrogens is 145 g/mol. The summed E-state index contributed by atoms with van der Waals surface area (Å²) >= 11 is 0. The Balaban J connectivity index is 3.46. The molecule has 0 amide bonds. The van der Waals surface area contributed by atoms with Gasteiger partial charge in [0.2, 0.25) is 0 Å².